The third-order valence-electron chi connectivity index (χ3n) is 10.0. The summed E-state index contributed by atoms with van der Waals surface area (Å²) in [6.45, 7) is 9.13. The highest BCUT2D eigenvalue weighted by molar-refractivity contribution is 7.13. The molecule has 4 aliphatic rings. The van der Waals surface area contributed by atoms with E-state index in [1.54, 1.807) is 11.3 Å². The first-order valence-electron chi connectivity index (χ1n) is 12.4. The van der Waals surface area contributed by atoms with Gasteiger partial charge in [0, 0.05) is 23.3 Å². The second kappa shape index (κ2) is 7.41. The van der Waals surface area contributed by atoms with E-state index in [4.69, 9.17) is 4.98 Å². The highest BCUT2D eigenvalue weighted by atomic mass is 32.1. The van der Waals surface area contributed by atoms with Crippen molar-refractivity contribution < 1.29 is 9.90 Å². The lowest BCUT2D eigenvalue weighted by Crippen LogP contribution is -2.53. The van der Waals surface area contributed by atoms with Crippen molar-refractivity contribution in [2.45, 2.75) is 97.1 Å². The third-order valence-corrected chi connectivity index (χ3v) is 10.8. The molecule has 0 amide bonds. The number of anilines is 1. The Morgan fingerprint density at radius 3 is 2.74 bits per heavy atom. The number of nitrogens with zero attached hydrogens (tertiary/aromatic N) is 1. The van der Waals surface area contributed by atoms with Gasteiger partial charge >= 0.3 is 0 Å². The Morgan fingerprint density at radius 2 is 1.97 bits per heavy atom. The van der Waals surface area contributed by atoms with Crippen LogP contribution in [0.3, 0.4) is 0 Å². The molecule has 1 aromatic heterocycles. The molecule has 3 saturated carbocycles. The highest BCUT2D eigenvalue weighted by Gasteiger charge is 2.65. The second-order valence-electron chi connectivity index (χ2n) is 11.3. The van der Waals surface area contributed by atoms with E-state index >= 15 is 0 Å². The normalized spacial score (nSPS) is 42.9. The van der Waals surface area contributed by atoms with Gasteiger partial charge in [0.05, 0.1) is 5.69 Å². The van der Waals surface area contributed by atoms with Crippen LogP contribution in [0.2, 0.25) is 0 Å². The van der Waals surface area contributed by atoms with Crippen molar-refractivity contribution in [2.24, 2.45) is 28.6 Å². The molecule has 1 heterocycles. The molecule has 1 unspecified atom stereocenters. The summed E-state index contributed by atoms with van der Waals surface area (Å²) in [6.07, 6.45) is 11.1. The van der Waals surface area contributed by atoms with Crippen molar-refractivity contribution in [1.29, 1.82) is 0 Å². The lowest BCUT2D eigenvalue weighted by Gasteiger charge is -2.59. The summed E-state index contributed by atoms with van der Waals surface area (Å²) >= 11 is 1.63. The first-order chi connectivity index (χ1) is 14.7. The van der Waals surface area contributed by atoms with Crippen molar-refractivity contribution in [3.8, 4) is 0 Å². The minimum Gasteiger partial charge on any atom is -0.383 e. The van der Waals surface area contributed by atoms with E-state index in [1.165, 1.54) is 12.0 Å². The van der Waals surface area contributed by atoms with Gasteiger partial charge in [-0.25, -0.2) is 4.98 Å². The van der Waals surface area contributed by atoms with Crippen molar-refractivity contribution >= 4 is 22.3 Å². The average molecular weight is 443 g/mol. The first-order valence-corrected chi connectivity index (χ1v) is 13.3. The quantitative estimate of drug-likeness (QED) is 0.594. The van der Waals surface area contributed by atoms with Gasteiger partial charge in [-0.15, -0.1) is 11.3 Å². The molecule has 31 heavy (non-hydrogen) atoms. The number of aromatic nitrogens is 1. The molecule has 1 aromatic rings. The van der Waals surface area contributed by atoms with Crippen molar-refractivity contribution in [1.82, 2.24) is 4.98 Å². The third kappa shape index (κ3) is 3.09. The molecule has 4 aliphatic carbocycles. The van der Waals surface area contributed by atoms with E-state index in [2.05, 4.69) is 38.4 Å². The van der Waals surface area contributed by atoms with Crippen LogP contribution in [0, 0.1) is 28.6 Å². The lowest BCUT2D eigenvalue weighted by atomic mass is 9.46. The zero-order valence-electron chi connectivity index (χ0n) is 19.5. The largest absolute Gasteiger partial charge is 0.383 e. The molecule has 5 heteroatoms. The fourth-order valence-electron chi connectivity index (χ4n) is 7.84. The number of aliphatic hydroxyl groups is 1. The minimum absolute atomic E-state index is 0.113. The number of carbonyl (C=O) groups excluding carboxylic acids is 1. The second-order valence-corrected chi connectivity index (χ2v) is 12.2. The molecule has 0 aliphatic heterocycles. The summed E-state index contributed by atoms with van der Waals surface area (Å²) in [7, 11) is 0. The summed E-state index contributed by atoms with van der Waals surface area (Å²) in [4.78, 5) is 17.0. The summed E-state index contributed by atoms with van der Waals surface area (Å²) in [5, 5.41) is 18.6. The molecule has 0 saturated heterocycles. The standard InChI is InChI=1S/C26H38N2O2S/c1-5-16(2)27-23-28-22(15-31-23)26(30)13-10-21-19-7-6-17-14-18(29)8-11-24(17,3)20(19)9-12-25(21,26)4/h14-16,19-21,30H,5-13H2,1-4H3,(H,27,28)/t16?,19-,20+,21+,24+,25+,26+/m1/s1. The molecular formula is C26H38N2O2S. The molecule has 2 N–H and O–H groups in total. The smallest absolute Gasteiger partial charge is 0.183 e. The van der Waals surface area contributed by atoms with E-state index < -0.39 is 5.60 Å². The van der Waals surface area contributed by atoms with Gasteiger partial charge in [-0.2, -0.15) is 0 Å². The zero-order chi connectivity index (χ0) is 22.0. The zero-order valence-corrected chi connectivity index (χ0v) is 20.4. The number of rotatable bonds is 4. The number of nitrogens with one attached hydrogen (secondary N) is 1. The Balaban J connectivity index is 1.43. The average Bonchev–Trinajstić information content (AvgIpc) is 3.32. The van der Waals surface area contributed by atoms with Gasteiger partial charge in [0.2, 0.25) is 0 Å². The summed E-state index contributed by atoms with van der Waals surface area (Å²) in [6, 6.07) is 0.392. The van der Waals surface area contributed by atoms with Crippen LogP contribution in [-0.2, 0) is 10.4 Å². The summed E-state index contributed by atoms with van der Waals surface area (Å²) < 4.78 is 0. The first kappa shape index (κ1) is 21.6. The molecule has 7 atom stereocenters. The van der Waals surface area contributed by atoms with Crippen LogP contribution in [0.15, 0.2) is 17.0 Å². The molecule has 4 nitrogen and oxygen atoms in total. The number of ketones is 1. The Labute approximate surface area is 190 Å². The number of hydrogen-bond donors (Lipinski definition) is 2. The van der Waals surface area contributed by atoms with Crippen LogP contribution in [-0.4, -0.2) is 21.9 Å². The number of fused-ring (bicyclic) bond motifs is 5. The van der Waals surface area contributed by atoms with E-state index in [0.717, 1.165) is 55.8 Å². The minimum atomic E-state index is -0.825. The molecule has 0 aromatic carbocycles. The molecule has 5 rings (SSSR count). The van der Waals surface area contributed by atoms with Crippen LogP contribution >= 0.6 is 11.3 Å². The molecule has 0 spiro atoms. The SMILES string of the molecule is CCC(C)Nc1nc([C@@]2(O)CC[C@H]3[C@@H]4CCC5=CC(=O)CC[C@]5(C)[C@H]4CC[C@@]32C)cs1. The van der Waals surface area contributed by atoms with Gasteiger partial charge in [0.15, 0.2) is 10.9 Å². The Hall–Kier alpha value is -1.20. The topological polar surface area (TPSA) is 62.2 Å². The molecule has 3 fully saturated rings. The fourth-order valence-corrected chi connectivity index (χ4v) is 8.73. The van der Waals surface area contributed by atoms with Crippen LogP contribution < -0.4 is 5.32 Å². The van der Waals surface area contributed by atoms with E-state index in [1.807, 2.05) is 6.08 Å². The van der Waals surface area contributed by atoms with Crippen molar-refractivity contribution in [3.05, 3.63) is 22.7 Å². The predicted octanol–water partition coefficient (Wildman–Crippen LogP) is 6.07. The van der Waals surface area contributed by atoms with Crippen molar-refractivity contribution in [2.75, 3.05) is 5.32 Å². The van der Waals surface area contributed by atoms with Crippen LogP contribution in [0.1, 0.15) is 91.2 Å². The van der Waals surface area contributed by atoms with Gasteiger partial charge in [-0.3, -0.25) is 4.79 Å². The highest BCUT2D eigenvalue weighted by Crippen LogP contribution is 2.69. The fraction of sp³-hybridized carbons (Fsp3) is 0.769. The maximum Gasteiger partial charge on any atom is 0.183 e. The molecule has 0 bridgehead atoms. The predicted molar refractivity (Wildman–Crippen MR) is 126 cm³/mol. The monoisotopic (exact) mass is 442 g/mol. The van der Waals surface area contributed by atoms with E-state index in [-0.39, 0.29) is 10.8 Å². The van der Waals surface area contributed by atoms with Crippen LogP contribution in [0.4, 0.5) is 5.13 Å². The summed E-state index contributed by atoms with van der Waals surface area (Å²) in [5.74, 6) is 2.17. The number of carbonyl (C=O) groups is 1. The molecule has 0 radical (unpaired) electrons. The Morgan fingerprint density at radius 1 is 1.19 bits per heavy atom. The Bertz CT molecular complexity index is 909. The lowest BCUT2D eigenvalue weighted by molar-refractivity contribution is -0.135. The van der Waals surface area contributed by atoms with Gasteiger partial charge in [0.1, 0.15) is 5.60 Å². The maximum absolute atomic E-state index is 12.1. The van der Waals surface area contributed by atoms with Crippen LogP contribution in [0.5, 0.6) is 0 Å². The number of allylic oxidation sites excluding steroid dienone is 1. The van der Waals surface area contributed by atoms with Gasteiger partial charge in [0.25, 0.3) is 0 Å². The van der Waals surface area contributed by atoms with Gasteiger partial charge in [-0.05, 0) is 87.5 Å². The summed E-state index contributed by atoms with van der Waals surface area (Å²) in [5.41, 5.74) is 1.55. The van der Waals surface area contributed by atoms with Gasteiger partial charge in [-0.1, -0.05) is 26.3 Å². The molecular weight excluding hydrogens is 404 g/mol. The van der Waals surface area contributed by atoms with Crippen molar-refractivity contribution in [3.63, 3.8) is 0 Å². The maximum atomic E-state index is 12.1. The Kier molecular flexibility index (Phi) is 5.17. The molecule has 170 valence electrons. The van der Waals surface area contributed by atoms with Gasteiger partial charge < -0.3 is 10.4 Å². The van der Waals surface area contributed by atoms with Crippen LogP contribution in [0.25, 0.3) is 0 Å². The number of hydrogen-bond acceptors (Lipinski definition) is 5. The van der Waals surface area contributed by atoms with E-state index in [9.17, 15) is 9.90 Å². The van der Waals surface area contributed by atoms with E-state index in [0.29, 0.717) is 36.0 Å². The number of thiazole rings is 1.